The molecule has 0 bridgehead atoms. The molecule has 19 heavy (non-hydrogen) atoms. The largest absolute Gasteiger partial charge is 0.394 e. The average Bonchev–Trinajstić information content (AvgIpc) is 2.43. The molecule has 0 spiro atoms. The fourth-order valence-electron chi connectivity index (χ4n) is 1.57. The van der Waals surface area contributed by atoms with Gasteiger partial charge in [0.15, 0.2) is 0 Å². The van der Waals surface area contributed by atoms with Gasteiger partial charge in [-0.3, -0.25) is 9.59 Å². The van der Waals surface area contributed by atoms with Gasteiger partial charge in [0.2, 0.25) is 0 Å². The van der Waals surface area contributed by atoms with Gasteiger partial charge in [-0.25, -0.2) is 0 Å². The zero-order valence-corrected chi connectivity index (χ0v) is 11.8. The Morgan fingerprint density at radius 3 is 2.16 bits per heavy atom. The van der Waals surface area contributed by atoms with Gasteiger partial charge in [0.1, 0.15) is 0 Å². The normalized spacial score (nSPS) is 11.8. The molecule has 0 radical (unpaired) electrons. The molecule has 0 saturated carbocycles. The lowest BCUT2D eigenvalue weighted by atomic mass is 10.1. The number of hydrogen-bond acceptors (Lipinski definition) is 3. The molecule has 1 aromatic carbocycles. The van der Waals surface area contributed by atoms with Gasteiger partial charge >= 0.3 is 0 Å². The van der Waals surface area contributed by atoms with Crippen molar-refractivity contribution < 1.29 is 14.7 Å². The Kier molecular flexibility index (Phi) is 5.06. The number of hydrogen-bond donors (Lipinski definition) is 1. The number of likely N-dealkylation sites (N-methyl/N-ethyl adjacent to an activating group) is 1. The van der Waals surface area contributed by atoms with Crippen molar-refractivity contribution in [3.05, 3.63) is 35.4 Å². The molecule has 0 aliphatic heterocycles. The van der Waals surface area contributed by atoms with Gasteiger partial charge in [-0.05, 0) is 25.1 Å². The Balaban J connectivity index is 2.99. The zero-order valence-electron chi connectivity index (χ0n) is 11.8. The van der Waals surface area contributed by atoms with Crippen LogP contribution in [0.3, 0.4) is 0 Å². The van der Waals surface area contributed by atoms with Crippen LogP contribution in [0.2, 0.25) is 0 Å². The molecule has 0 heterocycles. The van der Waals surface area contributed by atoms with Gasteiger partial charge in [0, 0.05) is 32.3 Å². The fraction of sp³-hybridized carbons (Fsp3) is 0.429. The van der Waals surface area contributed by atoms with E-state index in [-0.39, 0.29) is 24.5 Å². The maximum Gasteiger partial charge on any atom is 0.253 e. The lowest BCUT2D eigenvalue weighted by molar-refractivity contribution is 0.0682. The summed E-state index contributed by atoms with van der Waals surface area (Å²) < 4.78 is 0. The Morgan fingerprint density at radius 1 is 1.16 bits per heavy atom. The molecule has 1 N–H and O–H groups in total. The first-order chi connectivity index (χ1) is 8.88. The van der Waals surface area contributed by atoms with E-state index in [1.54, 1.807) is 52.3 Å². The van der Waals surface area contributed by atoms with Crippen LogP contribution < -0.4 is 0 Å². The second-order valence-electron chi connectivity index (χ2n) is 4.73. The number of rotatable bonds is 4. The van der Waals surface area contributed by atoms with Crippen molar-refractivity contribution in [1.29, 1.82) is 0 Å². The van der Waals surface area contributed by atoms with Crippen LogP contribution in [-0.4, -0.2) is 60.5 Å². The molecule has 0 aromatic heterocycles. The van der Waals surface area contributed by atoms with E-state index in [2.05, 4.69) is 0 Å². The molecule has 104 valence electrons. The number of benzene rings is 1. The first-order valence-electron chi connectivity index (χ1n) is 6.08. The van der Waals surface area contributed by atoms with Gasteiger partial charge in [-0.15, -0.1) is 0 Å². The van der Waals surface area contributed by atoms with Crippen molar-refractivity contribution in [3.63, 3.8) is 0 Å². The van der Waals surface area contributed by atoms with Crippen LogP contribution in [0.25, 0.3) is 0 Å². The van der Waals surface area contributed by atoms with Gasteiger partial charge in [0.25, 0.3) is 11.8 Å². The van der Waals surface area contributed by atoms with Crippen LogP contribution in [0.15, 0.2) is 24.3 Å². The highest BCUT2D eigenvalue weighted by atomic mass is 16.3. The molecule has 0 fully saturated rings. The van der Waals surface area contributed by atoms with Crippen LogP contribution in [0, 0.1) is 0 Å². The highest BCUT2D eigenvalue weighted by Crippen LogP contribution is 2.11. The molecule has 1 unspecified atom stereocenters. The van der Waals surface area contributed by atoms with E-state index in [0.29, 0.717) is 11.1 Å². The van der Waals surface area contributed by atoms with Crippen LogP contribution in [0.4, 0.5) is 0 Å². The van der Waals surface area contributed by atoms with Crippen molar-refractivity contribution in [2.24, 2.45) is 0 Å². The van der Waals surface area contributed by atoms with Crippen LogP contribution in [-0.2, 0) is 0 Å². The SMILES string of the molecule is CC(CO)N(C)C(=O)c1cccc(C(=O)N(C)C)c1. The van der Waals surface area contributed by atoms with Crippen LogP contribution in [0.5, 0.6) is 0 Å². The zero-order chi connectivity index (χ0) is 14.6. The van der Waals surface area contributed by atoms with E-state index in [1.807, 2.05) is 0 Å². The second-order valence-corrected chi connectivity index (χ2v) is 4.73. The molecule has 0 aliphatic rings. The summed E-state index contributed by atoms with van der Waals surface area (Å²) in [6, 6.07) is 6.33. The van der Waals surface area contributed by atoms with E-state index in [0.717, 1.165) is 0 Å². The number of carbonyl (C=O) groups is 2. The predicted octanol–water partition coefficient (Wildman–Crippen LogP) is 0.841. The lowest BCUT2D eigenvalue weighted by Crippen LogP contribution is -2.37. The maximum absolute atomic E-state index is 12.2. The molecule has 2 amide bonds. The van der Waals surface area contributed by atoms with Crippen molar-refractivity contribution in [1.82, 2.24) is 9.80 Å². The lowest BCUT2D eigenvalue weighted by Gasteiger charge is -2.23. The molecule has 1 atom stereocenters. The predicted molar refractivity (Wildman–Crippen MR) is 73.1 cm³/mol. The summed E-state index contributed by atoms with van der Waals surface area (Å²) in [5.41, 5.74) is 0.913. The summed E-state index contributed by atoms with van der Waals surface area (Å²) in [6.07, 6.45) is 0. The van der Waals surface area contributed by atoms with Crippen molar-refractivity contribution >= 4 is 11.8 Å². The number of amides is 2. The van der Waals surface area contributed by atoms with Gasteiger partial charge in [0.05, 0.1) is 12.6 Å². The molecule has 0 saturated heterocycles. The van der Waals surface area contributed by atoms with Crippen LogP contribution >= 0.6 is 0 Å². The Hall–Kier alpha value is -1.88. The number of nitrogens with zero attached hydrogens (tertiary/aromatic N) is 2. The molecule has 1 rings (SSSR count). The number of aliphatic hydroxyl groups excluding tert-OH is 1. The molecule has 5 heteroatoms. The van der Waals surface area contributed by atoms with Gasteiger partial charge < -0.3 is 14.9 Å². The maximum atomic E-state index is 12.2. The summed E-state index contributed by atoms with van der Waals surface area (Å²) in [6.45, 7) is 1.66. The standard InChI is InChI=1S/C14H20N2O3/c1-10(9-17)16(4)14(19)12-7-5-6-11(8-12)13(18)15(2)3/h5-8,10,17H,9H2,1-4H3. The van der Waals surface area contributed by atoms with E-state index >= 15 is 0 Å². The number of carbonyl (C=O) groups excluding carboxylic acids is 2. The summed E-state index contributed by atoms with van der Waals surface area (Å²) in [5.74, 6) is -0.359. The first-order valence-corrected chi connectivity index (χ1v) is 6.08. The van der Waals surface area contributed by atoms with Gasteiger partial charge in [-0.1, -0.05) is 6.07 Å². The minimum atomic E-state index is -0.263. The summed E-state index contributed by atoms with van der Waals surface area (Å²) >= 11 is 0. The Morgan fingerprint density at radius 2 is 1.68 bits per heavy atom. The molecule has 5 nitrogen and oxygen atoms in total. The molecular formula is C14H20N2O3. The van der Waals surface area contributed by atoms with Gasteiger partial charge in [-0.2, -0.15) is 0 Å². The topological polar surface area (TPSA) is 60.9 Å². The quantitative estimate of drug-likeness (QED) is 0.876. The fourth-order valence-corrected chi connectivity index (χ4v) is 1.57. The monoisotopic (exact) mass is 264 g/mol. The highest BCUT2D eigenvalue weighted by Gasteiger charge is 2.18. The van der Waals surface area contributed by atoms with E-state index < -0.39 is 0 Å². The van der Waals surface area contributed by atoms with E-state index in [1.165, 1.54) is 9.80 Å². The van der Waals surface area contributed by atoms with Crippen molar-refractivity contribution in [2.75, 3.05) is 27.7 Å². The Bertz CT molecular complexity index is 472. The summed E-state index contributed by atoms with van der Waals surface area (Å²) in [7, 11) is 4.96. The average molecular weight is 264 g/mol. The third kappa shape index (κ3) is 3.54. The Labute approximate surface area is 113 Å². The van der Waals surface area contributed by atoms with Crippen LogP contribution in [0.1, 0.15) is 27.6 Å². The third-order valence-corrected chi connectivity index (χ3v) is 3.01. The molecule has 1 aromatic rings. The summed E-state index contributed by atoms with van der Waals surface area (Å²) in [5, 5.41) is 9.06. The minimum Gasteiger partial charge on any atom is -0.394 e. The van der Waals surface area contributed by atoms with Crippen molar-refractivity contribution in [2.45, 2.75) is 13.0 Å². The summed E-state index contributed by atoms with van der Waals surface area (Å²) in [4.78, 5) is 26.9. The molecule has 0 aliphatic carbocycles. The third-order valence-electron chi connectivity index (χ3n) is 3.01. The molecular weight excluding hydrogens is 244 g/mol. The minimum absolute atomic E-state index is 0.0987. The van der Waals surface area contributed by atoms with E-state index in [4.69, 9.17) is 5.11 Å². The number of aliphatic hydroxyl groups is 1. The smallest absolute Gasteiger partial charge is 0.253 e. The van der Waals surface area contributed by atoms with Crippen molar-refractivity contribution in [3.8, 4) is 0 Å². The van der Waals surface area contributed by atoms with E-state index in [9.17, 15) is 9.59 Å². The second kappa shape index (κ2) is 6.33. The first kappa shape index (κ1) is 15.2. The highest BCUT2D eigenvalue weighted by molar-refractivity contribution is 5.99.